The maximum atomic E-state index is 11.4. The number of hydrogen-bond donors (Lipinski definition) is 2. The second-order valence-electron chi connectivity index (χ2n) is 2.61. The van der Waals surface area contributed by atoms with Gasteiger partial charge in [-0.1, -0.05) is 13.8 Å². The molecule has 0 amide bonds. The molecule has 0 aliphatic carbocycles. The summed E-state index contributed by atoms with van der Waals surface area (Å²) < 4.78 is 26.5. The quantitative estimate of drug-likeness (QED) is 0.597. The lowest BCUT2D eigenvalue weighted by Crippen LogP contribution is -2.42. The van der Waals surface area contributed by atoms with Gasteiger partial charge in [0, 0.05) is 19.6 Å². The molecule has 0 saturated carbocycles. The highest BCUT2D eigenvalue weighted by Crippen LogP contribution is 1.96. The normalized spacial score (nSPS) is 12.3. The zero-order valence-corrected chi connectivity index (χ0v) is 8.97. The van der Waals surface area contributed by atoms with E-state index in [4.69, 9.17) is 5.11 Å². The number of nitrogens with zero attached hydrogens (tertiary/aromatic N) is 1. The standard InChI is InChI=1S/C7H18N2O3S/c1-3-5-8-13(11,12)9(4-2)6-7-10/h8,10H,3-7H2,1-2H3. The molecule has 0 heterocycles. The van der Waals surface area contributed by atoms with Crippen LogP contribution in [0.3, 0.4) is 0 Å². The van der Waals surface area contributed by atoms with Crippen LogP contribution in [0.5, 0.6) is 0 Å². The Balaban J connectivity index is 4.21. The third-order valence-electron chi connectivity index (χ3n) is 1.58. The Morgan fingerprint density at radius 2 is 2.00 bits per heavy atom. The Hall–Kier alpha value is -0.170. The summed E-state index contributed by atoms with van der Waals surface area (Å²) in [5.41, 5.74) is 0. The molecule has 0 bridgehead atoms. The lowest BCUT2D eigenvalue weighted by molar-refractivity contribution is 0.256. The van der Waals surface area contributed by atoms with Gasteiger partial charge < -0.3 is 5.11 Å². The van der Waals surface area contributed by atoms with E-state index in [1.165, 1.54) is 4.31 Å². The van der Waals surface area contributed by atoms with Crippen LogP contribution in [0, 0.1) is 0 Å². The van der Waals surface area contributed by atoms with E-state index >= 15 is 0 Å². The summed E-state index contributed by atoms with van der Waals surface area (Å²) in [5, 5.41) is 8.62. The van der Waals surface area contributed by atoms with E-state index in [-0.39, 0.29) is 13.2 Å². The summed E-state index contributed by atoms with van der Waals surface area (Å²) in [6, 6.07) is 0. The predicted molar refractivity (Wildman–Crippen MR) is 51.5 cm³/mol. The minimum atomic E-state index is -3.37. The molecule has 0 spiro atoms. The molecule has 0 rings (SSSR count). The van der Waals surface area contributed by atoms with Crippen molar-refractivity contribution in [2.24, 2.45) is 0 Å². The van der Waals surface area contributed by atoms with E-state index in [1.54, 1.807) is 6.92 Å². The van der Waals surface area contributed by atoms with Gasteiger partial charge in [0.1, 0.15) is 0 Å². The van der Waals surface area contributed by atoms with Crippen molar-refractivity contribution >= 4 is 10.2 Å². The molecule has 0 atom stereocenters. The van der Waals surface area contributed by atoms with E-state index in [0.29, 0.717) is 13.1 Å². The monoisotopic (exact) mass is 210 g/mol. The van der Waals surface area contributed by atoms with Crippen LogP contribution in [0.4, 0.5) is 0 Å². The molecule has 0 aromatic heterocycles. The average Bonchev–Trinajstić information content (AvgIpc) is 2.10. The third kappa shape index (κ3) is 4.56. The van der Waals surface area contributed by atoms with Crippen LogP contribution in [-0.4, -0.2) is 44.1 Å². The first-order chi connectivity index (χ1) is 6.08. The summed E-state index contributed by atoms with van der Waals surface area (Å²) in [6.45, 7) is 4.44. The molecule has 0 saturated heterocycles. The molecule has 0 radical (unpaired) electrons. The van der Waals surface area contributed by atoms with Gasteiger partial charge in [-0.05, 0) is 6.42 Å². The Labute approximate surface area is 79.9 Å². The fourth-order valence-corrected chi connectivity index (χ4v) is 2.19. The molecule has 0 fully saturated rings. The van der Waals surface area contributed by atoms with Gasteiger partial charge in [-0.3, -0.25) is 0 Å². The first-order valence-electron chi connectivity index (χ1n) is 4.44. The first kappa shape index (κ1) is 12.8. The molecule has 0 aliphatic heterocycles. The minimum absolute atomic E-state index is 0.148. The summed E-state index contributed by atoms with van der Waals surface area (Å²) in [7, 11) is -3.37. The number of hydrogen-bond acceptors (Lipinski definition) is 3. The van der Waals surface area contributed by atoms with Crippen LogP contribution in [0.15, 0.2) is 0 Å². The summed E-state index contributed by atoms with van der Waals surface area (Å²) in [4.78, 5) is 0. The SMILES string of the molecule is CCCNS(=O)(=O)N(CC)CCO. The van der Waals surface area contributed by atoms with Crippen LogP contribution >= 0.6 is 0 Å². The van der Waals surface area contributed by atoms with Crippen molar-refractivity contribution in [2.45, 2.75) is 20.3 Å². The smallest absolute Gasteiger partial charge is 0.279 e. The second-order valence-corrected chi connectivity index (χ2v) is 4.37. The van der Waals surface area contributed by atoms with Gasteiger partial charge in [0.15, 0.2) is 0 Å². The number of aliphatic hydroxyl groups is 1. The van der Waals surface area contributed by atoms with Crippen LogP contribution in [-0.2, 0) is 10.2 Å². The van der Waals surface area contributed by atoms with Gasteiger partial charge in [-0.25, -0.2) is 4.72 Å². The van der Waals surface area contributed by atoms with Crippen molar-refractivity contribution < 1.29 is 13.5 Å². The molecule has 80 valence electrons. The molecule has 0 aromatic rings. The summed E-state index contributed by atoms with van der Waals surface area (Å²) in [6.07, 6.45) is 0.760. The zero-order valence-electron chi connectivity index (χ0n) is 8.15. The molecule has 0 aromatic carbocycles. The average molecular weight is 210 g/mol. The van der Waals surface area contributed by atoms with Gasteiger partial charge >= 0.3 is 0 Å². The Morgan fingerprint density at radius 1 is 1.38 bits per heavy atom. The minimum Gasteiger partial charge on any atom is -0.395 e. The molecule has 2 N–H and O–H groups in total. The molecule has 13 heavy (non-hydrogen) atoms. The lowest BCUT2D eigenvalue weighted by Gasteiger charge is -2.19. The van der Waals surface area contributed by atoms with Crippen LogP contribution < -0.4 is 4.72 Å². The highest BCUT2D eigenvalue weighted by atomic mass is 32.2. The molecule has 5 nitrogen and oxygen atoms in total. The number of aliphatic hydroxyl groups excluding tert-OH is 1. The highest BCUT2D eigenvalue weighted by Gasteiger charge is 2.17. The van der Waals surface area contributed by atoms with Crippen molar-refractivity contribution in [1.29, 1.82) is 0 Å². The molecule has 0 unspecified atom stereocenters. The van der Waals surface area contributed by atoms with Crippen molar-refractivity contribution in [3.8, 4) is 0 Å². The fourth-order valence-electron chi connectivity index (χ4n) is 0.882. The number of nitrogens with one attached hydrogen (secondary N) is 1. The molecule has 0 aliphatic rings. The zero-order chi connectivity index (χ0) is 10.3. The van der Waals surface area contributed by atoms with Gasteiger partial charge in [-0.15, -0.1) is 0 Å². The number of likely N-dealkylation sites (N-methyl/N-ethyl adjacent to an activating group) is 1. The van der Waals surface area contributed by atoms with Crippen molar-refractivity contribution in [3.05, 3.63) is 0 Å². The van der Waals surface area contributed by atoms with Gasteiger partial charge in [-0.2, -0.15) is 12.7 Å². The maximum Gasteiger partial charge on any atom is 0.279 e. The van der Waals surface area contributed by atoms with E-state index < -0.39 is 10.2 Å². The van der Waals surface area contributed by atoms with Gasteiger partial charge in [0.25, 0.3) is 10.2 Å². The second kappa shape index (κ2) is 6.31. The number of rotatable bonds is 7. The summed E-state index contributed by atoms with van der Waals surface area (Å²) >= 11 is 0. The third-order valence-corrected chi connectivity index (χ3v) is 3.27. The van der Waals surface area contributed by atoms with Crippen molar-refractivity contribution in [1.82, 2.24) is 9.03 Å². The Morgan fingerprint density at radius 3 is 2.38 bits per heavy atom. The van der Waals surface area contributed by atoms with E-state index in [1.807, 2.05) is 6.92 Å². The maximum absolute atomic E-state index is 11.4. The van der Waals surface area contributed by atoms with Crippen LogP contribution in [0.2, 0.25) is 0 Å². The molecular weight excluding hydrogens is 192 g/mol. The van der Waals surface area contributed by atoms with E-state index in [0.717, 1.165) is 6.42 Å². The predicted octanol–water partition coefficient (Wildman–Crippen LogP) is -0.455. The van der Waals surface area contributed by atoms with Crippen molar-refractivity contribution in [3.63, 3.8) is 0 Å². The lowest BCUT2D eigenvalue weighted by atomic mass is 10.5. The molecule has 6 heteroatoms. The van der Waals surface area contributed by atoms with Crippen LogP contribution in [0.25, 0.3) is 0 Å². The van der Waals surface area contributed by atoms with Crippen molar-refractivity contribution in [2.75, 3.05) is 26.2 Å². The fraction of sp³-hybridized carbons (Fsp3) is 1.00. The van der Waals surface area contributed by atoms with Crippen LogP contribution in [0.1, 0.15) is 20.3 Å². The highest BCUT2D eigenvalue weighted by molar-refractivity contribution is 7.87. The Kier molecular flexibility index (Phi) is 6.23. The summed E-state index contributed by atoms with van der Waals surface area (Å²) in [5.74, 6) is 0. The Bertz CT molecular complexity index is 216. The van der Waals surface area contributed by atoms with Gasteiger partial charge in [0.2, 0.25) is 0 Å². The van der Waals surface area contributed by atoms with E-state index in [9.17, 15) is 8.42 Å². The topological polar surface area (TPSA) is 69.6 Å². The first-order valence-corrected chi connectivity index (χ1v) is 5.88. The largest absolute Gasteiger partial charge is 0.395 e. The van der Waals surface area contributed by atoms with E-state index in [2.05, 4.69) is 4.72 Å². The van der Waals surface area contributed by atoms with Gasteiger partial charge in [0.05, 0.1) is 6.61 Å². The molecular formula is C7H18N2O3S.